The van der Waals surface area contributed by atoms with E-state index in [1.165, 1.54) is 41.7 Å². The molecule has 5 nitrogen and oxygen atoms in total. The van der Waals surface area contributed by atoms with Crippen molar-refractivity contribution in [3.05, 3.63) is 29.3 Å². The zero-order valence-corrected chi connectivity index (χ0v) is 16.3. The van der Waals surface area contributed by atoms with Gasteiger partial charge in [-0.3, -0.25) is 0 Å². The van der Waals surface area contributed by atoms with Crippen molar-refractivity contribution in [2.75, 3.05) is 27.3 Å². The number of carbonyl (C=O) groups is 1. The van der Waals surface area contributed by atoms with Crippen LogP contribution in [0.4, 0.5) is 4.79 Å². The number of ether oxygens (including phenoxy) is 2. The monoisotopic (exact) mass is 360 g/mol. The molecule has 0 aliphatic heterocycles. The number of fused-ring (bicyclic) bond motifs is 4. The number of likely N-dealkylation sites (N-methyl/N-ethyl adjacent to an activating group) is 1. The fourth-order valence-electron chi connectivity index (χ4n) is 4.59. The maximum absolute atomic E-state index is 12.3. The number of nitrogens with zero attached hydrogens (tertiary/aromatic N) is 1. The van der Waals surface area contributed by atoms with Crippen molar-refractivity contribution < 1.29 is 14.3 Å². The predicted octanol–water partition coefficient (Wildman–Crippen LogP) is 3.49. The van der Waals surface area contributed by atoms with Crippen LogP contribution in [-0.4, -0.2) is 44.3 Å². The molecule has 0 spiro atoms. The Kier molecular flexibility index (Phi) is 5.88. The van der Waals surface area contributed by atoms with Crippen LogP contribution in [0.2, 0.25) is 0 Å². The molecule has 3 atom stereocenters. The van der Waals surface area contributed by atoms with Gasteiger partial charge in [0, 0.05) is 32.2 Å². The molecule has 1 amide bonds. The number of methoxy groups -OCH3 is 1. The highest BCUT2D eigenvalue weighted by atomic mass is 16.6. The maximum Gasteiger partial charge on any atom is 0.415 e. The number of hydrogen-bond donors (Lipinski definition) is 1. The van der Waals surface area contributed by atoms with E-state index in [0.29, 0.717) is 24.8 Å². The van der Waals surface area contributed by atoms with Gasteiger partial charge in [-0.05, 0) is 48.4 Å². The topological polar surface area (TPSA) is 64.8 Å². The van der Waals surface area contributed by atoms with Crippen molar-refractivity contribution >= 4 is 6.09 Å². The average Bonchev–Trinajstić information content (AvgIpc) is 2.63. The second-order valence-corrected chi connectivity index (χ2v) is 8.11. The zero-order chi connectivity index (χ0) is 18.7. The number of amides is 1. The van der Waals surface area contributed by atoms with Crippen LogP contribution in [0.25, 0.3) is 0 Å². The minimum Gasteiger partial charge on any atom is -0.410 e. The predicted molar refractivity (Wildman–Crippen MR) is 103 cm³/mol. The summed E-state index contributed by atoms with van der Waals surface area (Å²) in [5.74, 6) is 1.16. The van der Waals surface area contributed by atoms with Gasteiger partial charge < -0.3 is 20.1 Å². The van der Waals surface area contributed by atoms with Crippen molar-refractivity contribution in [3.8, 4) is 5.75 Å². The van der Waals surface area contributed by atoms with Crippen LogP contribution in [0.3, 0.4) is 0 Å². The van der Waals surface area contributed by atoms with Crippen LogP contribution in [0, 0.1) is 5.92 Å². The largest absolute Gasteiger partial charge is 0.415 e. The van der Waals surface area contributed by atoms with Gasteiger partial charge in [-0.1, -0.05) is 32.3 Å². The molecular weight excluding hydrogens is 328 g/mol. The van der Waals surface area contributed by atoms with E-state index in [-0.39, 0.29) is 17.6 Å². The van der Waals surface area contributed by atoms with Gasteiger partial charge in [0.25, 0.3) is 0 Å². The third kappa shape index (κ3) is 3.74. The van der Waals surface area contributed by atoms with Gasteiger partial charge >= 0.3 is 6.09 Å². The highest BCUT2D eigenvalue weighted by molar-refractivity contribution is 5.70. The molecule has 1 saturated carbocycles. The molecule has 0 heterocycles. The van der Waals surface area contributed by atoms with E-state index in [1.807, 2.05) is 6.07 Å². The number of hydrogen-bond acceptors (Lipinski definition) is 4. The lowest BCUT2D eigenvalue weighted by Crippen LogP contribution is -2.52. The fourth-order valence-corrected chi connectivity index (χ4v) is 4.59. The average molecular weight is 360 g/mol. The summed E-state index contributed by atoms with van der Waals surface area (Å²) in [6.45, 7) is 3.29. The van der Waals surface area contributed by atoms with E-state index in [0.717, 1.165) is 12.8 Å². The molecule has 2 aliphatic rings. The van der Waals surface area contributed by atoms with E-state index >= 15 is 0 Å². The summed E-state index contributed by atoms with van der Waals surface area (Å²) in [7, 11) is 3.34. The first kappa shape index (κ1) is 19.2. The zero-order valence-electron chi connectivity index (χ0n) is 16.3. The number of carbonyl (C=O) groups excluding carboxylic acids is 1. The normalized spacial score (nSPS) is 27.8. The Morgan fingerprint density at radius 2 is 2.15 bits per heavy atom. The smallest absolute Gasteiger partial charge is 0.410 e. The second-order valence-electron chi connectivity index (χ2n) is 8.11. The van der Waals surface area contributed by atoms with Crippen molar-refractivity contribution in [2.45, 2.75) is 56.9 Å². The molecule has 2 aliphatic carbocycles. The maximum atomic E-state index is 12.3. The van der Waals surface area contributed by atoms with E-state index < -0.39 is 0 Å². The Morgan fingerprint density at radius 1 is 1.35 bits per heavy atom. The SMILES string of the molecule is COCCN(C)C(=O)Oc1ccc2c(c1)[C@@]1(C)CCCCC[C@@H](C2)[C@@H]1N. The molecule has 2 N–H and O–H groups in total. The van der Waals surface area contributed by atoms with Crippen molar-refractivity contribution in [1.29, 1.82) is 0 Å². The third-order valence-corrected chi connectivity index (χ3v) is 6.34. The molecule has 0 unspecified atom stereocenters. The molecule has 2 bridgehead atoms. The molecule has 0 radical (unpaired) electrons. The van der Waals surface area contributed by atoms with Gasteiger partial charge in [-0.2, -0.15) is 0 Å². The van der Waals surface area contributed by atoms with Crippen LogP contribution in [0.5, 0.6) is 5.75 Å². The minimum atomic E-state index is -0.359. The molecule has 0 saturated heterocycles. The molecule has 0 aromatic heterocycles. The summed E-state index contributed by atoms with van der Waals surface area (Å²) < 4.78 is 10.6. The van der Waals surface area contributed by atoms with Gasteiger partial charge in [0.1, 0.15) is 5.75 Å². The van der Waals surface area contributed by atoms with Crippen LogP contribution in [-0.2, 0) is 16.6 Å². The minimum absolute atomic E-state index is 0.0387. The van der Waals surface area contributed by atoms with Crippen molar-refractivity contribution in [1.82, 2.24) is 4.90 Å². The van der Waals surface area contributed by atoms with Gasteiger partial charge in [-0.25, -0.2) is 4.79 Å². The van der Waals surface area contributed by atoms with Crippen LogP contribution in [0.15, 0.2) is 18.2 Å². The Morgan fingerprint density at radius 3 is 2.92 bits per heavy atom. The quantitative estimate of drug-likeness (QED) is 0.893. The lowest BCUT2D eigenvalue weighted by atomic mass is 9.60. The van der Waals surface area contributed by atoms with Crippen molar-refractivity contribution in [3.63, 3.8) is 0 Å². The molecular formula is C21H32N2O3. The van der Waals surface area contributed by atoms with Crippen LogP contribution < -0.4 is 10.5 Å². The molecule has 144 valence electrons. The van der Waals surface area contributed by atoms with Gasteiger partial charge in [0.2, 0.25) is 0 Å². The summed E-state index contributed by atoms with van der Waals surface area (Å²) in [5.41, 5.74) is 9.33. The highest BCUT2D eigenvalue weighted by Crippen LogP contribution is 2.46. The van der Waals surface area contributed by atoms with Gasteiger partial charge in [-0.15, -0.1) is 0 Å². The lowest BCUT2D eigenvalue weighted by Gasteiger charge is -2.47. The summed E-state index contributed by atoms with van der Waals surface area (Å²) >= 11 is 0. The van der Waals surface area contributed by atoms with Crippen LogP contribution >= 0.6 is 0 Å². The standard InChI is InChI=1S/C21H32N2O3/c1-21-10-6-4-5-7-16(19(21)22)13-15-8-9-17(14-18(15)21)26-20(24)23(2)11-12-25-3/h8-9,14,16,19H,4-7,10-13,22H2,1-3H3/t16-,19-,21+/m0/s1. The van der Waals surface area contributed by atoms with Crippen molar-refractivity contribution in [2.24, 2.45) is 11.7 Å². The lowest BCUT2D eigenvalue weighted by molar-refractivity contribution is 0.134. The molecule has 5 heteroatoms. The van der Waals surface area contributed by atoms with Gasteiger partial charge in [0.15, 0.2) is 0 Å². The molecule has 1 aromatic rings. The summed E-state index contributed by atoms with van der Waals surface area (Å²) in [4.78, 5) is 13.8. The van der Waals surface area contributed by atoms with E-state index in [2.05, 4.69) is 19.1 Å². The first-order chi connectivity index (χ1) is 12.5. The second kappa shape index (κ2) is 7.97. The van der Waals surface area contributed by atoms with E-state index in [9.17, 15) is 4.79 Å². The first-order valence-corrected chi connectivity index (χ1v) is 9.76. The Labute approximate surface area is 156 Å². The summed E-state index contributed by atoms with van der Waals surface area (Å²) in [6, 6.07) is 6.27. The fraction of sp³-hybridized carbons (Fsp3) is 0.667. The Balaban J connectivity index is 1.83. The number of rotatable bonds is 4. The van der Waals surface area contributed by atoms with Crippen LogP contribution in [0.1, 0.15) is 50.2 Å². The highest BCUT2D eigenvalue weighted by Gasteiger charge is 2.43. The van der Waals surface area contributed by atoms with E-state index in [1.54, 1.807) is 14.2 Å². The molecule has 1 fully saturated rings. The number of benzene rings is 1. The first-order valence-electron chi connectivity index (χ1n) is 9.76. The molecule has 26 heavy (non-hydrogen) atoms. The summed E-state index contributed by atoms with van der Waals surface area (Å²) in [5, 5.41) is 0. The van der Waals surface area contributed by atoms with Gasteiger partial charge in [0.05, 0.1) is 6.61 Å². The third-order valence-electron chi connectivity index (χ3n) is 6.34. The number of nitrogens with two attached hydrogens (primary N) is 1. The molecule has 1 aromatic carbocycles. The Hall–Kier alpha value is -1.59. The Bertz CT molecular complexity index is 648. The van der Waals surface area contributed by atoms with E-state index in [4.69, 9.17) is 15.2 Å². The molecule has 3 rings (SSSR count). The summed E-state index contributed by atoms with van der Waals surface area (Å²) in [6.07, 6.45) is 6.78.